The van der Waals surface area contributed by atoms with E-state index in [9.17, 15) is 4.79 Å². The van der Waals surface area contributed by atoms with Crippen LogP contribution in [0.2, 0.25) is 5.15 Å². The minimum absolute atomic E-state index is 0.195. The number of carbonyl (C=O) groups excluding carboxylic acids is 1. The number of fused-ring (bicyclic) bond motifs is 1. The van der Waals surface area contributed by atoms with Gasteiger partial charge in [0.2, 0.25) is 0 Å². The highest BCUT2D eigenvalue weighted by Crippen LogP contribution is 2.25. The molecule has 0 aliphatic heterocycles. The molecule has 4 nitrogen and oxygen atoms in total. The maximum Gasteiger partial charge on any atom is 0.255 e. The summed E-state index contributed by atoms with van der Waals surface area (Å²) in [5, 5.41) is 4.20. The van der Waals surface area contributed by atoms with Crippen LogP contribution in [0.25, 0.3) is 10.9 Å². The molecular weight excluding hydrogens is 324 g/mol. The predicted molar refractivity (Wildman–Crippen MR) is 96.9 cm³/mol. The molecule has 24 heavy (non-hydrogen) atoms. The number of nitrogens with one attached hydrogen (secondary N) is 1. The van der Waals surface area contributed by atoms with Gasteiger partial charge >= 0.3 is 0 Å². The summed E-state index contributed by atoms with van der Waals surface area (Å²) in [5.41, 5.74) is 1.97. The van der Waals surface area contributed by atoms with E-state index < -0.39 is 0 Å². The third kappa shape index (κ3) is 3.66. The Kier molecular flexibility index (Phi) is 4.96. The van der Waals surface area contributed by atoms with Crippen molar-refractivity contribution < 1.29 is 9.53 Å². The third-order valence-corrected chi connectivity index (χ3v) is 3.72. The molecule has 0 spiro atoms. The second-order valence-electron chi connectivity index (χ2n) is 5.34. The Balaban J connectivity index is 1.84. The number of pyridine rings is 1. The zero-order valence-corrected chi connectivity index (χ0v) is 14.0. The molecule has 0 bridgehead atoms. The average molecular weight is 341 g/mol. The fraction of sp³-hybridized carbons (Fsp3) is 0.158. The first-order valence-corrected chi connectivity index (χ1v) is 8.14. The number of ether oxygens (including phenoxy) is 1. The SMILES string of the molecule is CCCOc1ccccc1NC(=O)c1ccc2nc(Cl)ccc2c1. The van der Waals surface area contributed by atoms with Gasteiger partial charge in [0.05, 0.1) is 17.8 Å². The molecule has 2 aromatic carbocycles. The van der Waals surface area contributed by atoms with Crippen LogP contribution in [0, 0.1) is 0 Å². The first kappa shape index (κ1) is 16.3. The second-order valence-corrected chi connectivity index (χ2v) is 5.73. The molecule has 0 aliphatic carbocycles. The van der Waals surface area contributed by atoms with Crippen LogP contribution in [0.5, 0.6) is 5.75 Å². The molecule has 1 aromatic heterocycles. The first-order chi connectivity index (χ1) is 11.7. The molecule has 3 aromatic rings. The summed E-state index contributed by atoms with van der Waals surface area (Å²) < 4.78 is 5.67. The average Bonchev–Trinajstić information content (AvgIpc) is 2.60. The number of benzene rings is 2. The zero-order valence-electron chi connectivity index (χ0n) is 13.3. The van der Waals surface area contributed by atoms with Crippen molar-refractivity contribution in [2.45, 2.75) is 13.3 Å². The van der Waals surface area contributed by atoms with E-state index >= 15 is 0 Å². The van der Waals surface area contributed by atoms with Gasteiger partial charge in [0.25, 0.3) is 5.91 Å². The highest BCUT2D eigenvalue weighted by Gasteiger charge is 2.10. The molecule has 1 heterocycles. The maximum absolute atomic E-state index is 12.5. The van der Waals surface area contributed by atoms with Gasteiger partial charge in [0.1, 0.15) is 10.9 Å². The number of carbonyl (C=O) groups is 1. The Bertz CT molecular complexity index is 880. The minimum Gasteiger partial charge on any atom is -0.491 e. The Morgan fingerprint density at radius 1 is 1.17 bits per heavy atom. The van der Waals surface area contributed by atoms with Crippen molar-refractivity contribution in [1.29, 1.82) is 0 Å². The van der Waals surface area contributed by atoms with Crippen molar-refractivity contribution in [1.82, 2.24) is 4.98 Å². The fourth-order valence-electron chi connectivity index (χ4n) is 2.34. The Labute approximate surface area is 145 Å². The first-order valence-electron chi connectivity index (χ1n) is 7.77. The lowest BCUT2D eigenvalue weighted by Crippen LogP contribution is -2.13. The lowest BCUT2D eigenvalue weighted by molar-refractivity contribution is 0.102. The monoisotopic (exact) mass is 340 g/mol. The molecule has 122 valence electrons. The van der Waals surface area contributed by atoms with Crippen molar-refractivity contribution in [3.05, 3.63) is 65.3 Å². The molecule has 3 rings (SSSR count). The Morgan fingerprint density at radius 2 is 2.00 bits per heavy atom. The molecule has 0 saturated carbocycles. The lowest BCUT2D eigenvalue weighted by Gasteiger charge is -2.12. The molecule has 0 aliphatic rings. The highest BCUT2D eigenvalue weighted by molar-refractivity contribution is 6.29. The van der Waals surface area contributed by atoms with Gasteiger partial charge < -0.3 is 10.1 Å². The molecule has 0 radical (unpaired) electrons. The van der Waals surface area contributed by atoms with Gasteiger partial charge in [0, 0.05) is 10.9 Å². The summed E-state index contributed by atoms with van der Waals surface area (Å²) in [6.07, 6.45) is 0.905. The highest BCUT2D eigenvalue weighted by atomic mass is 35.5. The van der Waals surface area contributed by atoms with Gasteiger partial charge in [-0.2, -0.15) is 0 Å². The van der Waals surface area contributed by atoms with Crippen LogP contribution in [0.3, 0.4) is 0 Å². The Hall–Kier alpha value is -2.59. The largest absolute Gasteiger partial charge is 0.491 e. The summed E-state index contributed by atoms with van der Waals surface area (Å²) in [7, 11) is 0. The van der Waals surface area contributed by atoms with Gasteiger partial charge in [0.15, 0.2) is 0 Å². The molecule has 0 fully saturated rings. The van der Waals surface area contributed by atoms with Crippen molar-refractivity contribution in [3.63, 3.8) is 0 Å². The number of aromatic nitrogens is 1. The van der Waals surface area contributed by atoms with Crippen LogP contribution in [0.1, 0.15) is 23.7 Å². The van der Waals surface area contributed by atoms with E-state index in [4.69, 9.17) is 16.3 Å². The molecule has 1 amide bonds. The van der Waals surface area contributed by atoms with Crippen molar-refractivity contribution in [2.24, 2.45) is 0 Å². The number of hydrogen-bond donors (Lipinski definition) is 1. The van der Waals surface area contributed by atoms with E-state index in [1.54, 1.807) is 24.3 Å². The summed E-state index contributed by atoms with van der Waals surface area (Å²) in [4.78, 5) is 16.8. The molecule has 0 atom stereocenters. The smallest absolute Gasteiger partial charge is 0.255 e. The number of halogens is 1. The van der Waals surface area contributed by atoms with E-state index in [0.29, 0.717) is 28.8 Å². The van der Waals surface area contributed by atoms with E-state index in [2.05, 4.69) is 10.3 Å². The van der Waals surface area contributed by atoms with Crippen molar-refractivity contribution >= 4 is 34.1 Å². The van der Waals surface area contributed by atoms with E-state index in [0.717, 1.165) is 17.3 Å². The van der Waals surface area contributed by atoms with Gasteiger partial charge in [-0.25, -0.2) is 4.98 Å². The molecular formula is C19H17ClN2O2. The van der Waals surface area contributed by atoms with Crippen LogP contribution in [-0.2, 0) is 0 Å². The zero-order chi connectivity index (χ0) is 16.9. The van der Waals surface area contributed by atoms with Gasteiger partial charge in [-0.15, -0.1) is 0 Å². The molecule has 5 heteroatoms. The van der Waals surface area contributed by atoms with Crippen molar-refractivity contribution in [2.75, 3.05) is 11.9 Å². The molecule has 1 N–H and O–H groups in total. The van der Waals surface area contributed by atoms with Crippen LogP contribution in [0.15, 0.2) is 54.6 Å². The van der Waals surface area contributed by atoms with Crippen LogP contribution >= 0.6 is 11.6 Å². The number of nitrogens with zero attached hydrogens (tertiary/aromatic N) is 1. The van der Waals surface area contributed by atoms with Crippen LogP contribution in [-0.4, -0.2) is 17.5 Å². The summed E-state index contributed by atoms with van der Waals surface area (Å²) >= 11 is 5.88. The van der Waals surface area contributed by atoms with Gasteiger partial charge in [-0.05, 0) is 48.9 Å². The topological polar surface area (TPSA) is 51.2 Å². The van der Waals surface area contributed by atoms with E-state index in [1.165, 1.54) is 0 Å². The van der Waals surface area contributed by atoms with E-state index in [1.807, 2.05) is 37.3 Å². The number of para-hydroxylation sites is 2. The number of anilines is 1. The van der Waals surface area contributed by atoms with Gasteiger partial charge in [-0.1, -0.05) is 30.7 Å². The quantitative estimate of drug-likeness (QED) is 0.670. The normalized spacial score (nSPS) is 10.6. The van der Waals surface area contributed by atoms with Gasteiger partial charge in [-0.3, -0.25) is 4.79 Å². The Morgan fingerprint density at radius 3 is 2.83 bits per heavy atom. The lowest BCUT2D eigenvalue weighted by atomic mass is 10.1. The summed E-state index contributed by atoms with van der Waals surface area (Å²) in [6.45, 7) is 2.64. The molecule has 0 saturated heterocycles. The fourth-order valence-corrected chi connectivity index (χ4v) is 2.50. The number of rotatable bonds is 5. The minimum atomic E-state index is -0.195. The maximum atomic E-state index is 12.5. The van der Waals surface area contributed by atoms with Crippen LogP contribution in [0.4, 0.5) is 5.69 Å². The number of amides is 1. The summed E-state index contributed by atoms with van der Waals surface area (Å²) in [5.74, 6) is 0.473. The number of hydrogen-bond acceptors (Lipinski definition) is 3. The summed E-state index contributed by atoms with van der Waals surface area (Å²) in [6, 6.07) is 16.3. The predicted octanol–water partition coefficient (Wildman–Crippen LogP) is 4.93. The third-order valence-electron chi connectivity index (χ3n) is 3.51. The second kappa shape index (κ2) is 7.32. The van der Waals surface area contributed by atoms with Crippen molar-refractivity contribution in [3.8, 4) is 5.75 Å². The van der Waals surface area contributed by atoms with Crippen LogP contribution < -0.4 is 10.1 Å². The van der Waals surface area contributed by atoms with E-state index in [-0.39, 0.29) is 5.91 Å². The standard InChI is InChI=1S/C19H17ClN2O2/c1-2-11-24-17-6-4-3-5-16(17)22-19(23)14-7-9-15-13(12-14)8-10-18(20)21-15/h3-10,12H,2,11H2,1H3,(H,22,23). The molecule has 0 unspecified atom stereocenters.